The zero-order chi connectivity index (χ0) is 14.5. The lowest BCUT2D eigenvalue weighted by molar-refractivity contribution is -0.142. The summed E-state index contributed by atoms with van der Waals surface area (Å²) in [6, 6.07) is 6.26. The molecular formula is C12H17ClNO4P. The monoisotopic (exact) mass is 305 g/mol. The minimum Gasteiger partial charge on any atom is -0.468 e. The van der Waals surface area contributed by atoms with Crippen molar-refractivity contribution in [2.24, 2.45) is 0 Å². The van der Waals surface area contributed by atoms with Gasteiger partial charge < -0.3 is 9.26 Å². The fourth-order valence-electron chi connectivity index (χ4n) is 1.41. The van der Waals surface area contributed by atoms with Gasteiger partial charge in [0.2, 0.25) is 0 Å². The Morgan fingerprint density at radius 3 is 2.47 bits per heavy atom. The van der Waals surface area contributed by atoms with Crippen molar-refractivity contribution >= 4 is 24.1 Å². The van der Waals surface area contributed by atoms with E-state index in [9.17, 15) is 9.36 Å². The lowest BCUT2D eigenvalue weighted by Gasteiger charge is -2.17. The molecule has 7 heteroatoms. The Bertz CT molecular complexity index is 477. The number of hydrogen-bond acceptors (Lipinski definition) is 4. The lowest BCUT2D eigenvalue weighted by Crippen LogP contribution is -2.32. The quantitative estimate of drug-likeness (QED) is 0.646. The third-order valence-corrected chi connectivity index (χ3v) is 4.10. The molecule has 0 bridgehead atoms. The Labute approximate surface area is 117 Å². The summed E-state index contributed by atoms with van der Waals surface area (Å²) in [6.07, 6.45) is 0.899. The Kier molecular flexibility index (Phi) is 5.85. The number of esters is 1. The molecule has 0 heterocycles. The summed E-state index contributed by atoms with van der Waals surface area (Å²) < 4.78 is 21.7. The second kappa shape index (κ2) is 6.94. The number of halogens is 1. The highest BCUT2D eigenvalue weighted by Crippen LogP contribution is 2.48. The lowest BCUT2D eigenvalue weighted by atomic mass is 10.2. The highest BCUT2D eigenvalue weighted by molar-refractivity contribution is 7.84. The van der Waals surface area contributed by atoms with E-state index in [-0.39, 0.29) is 0 Å². The molecule has 0 aliphatic heterocycles. The first kappa shape index (κ1) is 16.0. The molecule has 0 saturated carbocycles. The molecule has 0 aromatic heterocycles. The Morgan fingerprint density at radius 1 is 1.42 bits per heavy atom. The zero-order valence-electron chi connectivity index (χ0n) is 11.1. The van der Waals surface area contributed by atoms with Gasteiger partial charge in [0.05, 0.1) is 7.11 Å². The van der Waals surface area contributed by atoms with Gasteiger partial charge in [-0.3, -0.25) is 4.79 Å². The average Bonchev–Trinajstić information content (AvgIpc) is 2.37. The van der Waals surface area contributed by atoms with Gasteiger partial charge in [-0.25, -0.2) is 9.65 Å². The molecule has 1 aromatic carbocycles. The van der Waals surface area contributed by atoms with Crippen molar-refractivity contribution in [2.75, 3.05) is 7.11 Å². The summed E-state index contributed by atoms with van der Waals surface area (Å²) in [5.41, 5.74) is 1.13. The minimum atomic E-state index is -3.64. The van der Waals surface area contributed by atoms with Gasteiger partial charge in [0, 0.05) is 11.2 Å². The summed E-state index contributed by atoms with van der Waals surface area (Å²) in [5, 5.41) is 2.41. The number of methoxy groups -OCH3 is 1. The molecule has 1 aromatic rings. The van der Waals surface area contributed by atoms with Gasteiger partial charge in [-0.05, 0) is 31.0 Å². The maximum absolute atomic E-state index is 12.0. The van der Waals surface area contributed by atoms with Crippen molar-refractivity contribution < 1.29 is 18.6 Å². The number of hydrogen-bond donors (Lipinski definition) is 1. The van der Waals surface area contributed by atoms with Crippen molar-refractivity contribution in [1.29, 1.82) is 0 Å². The van der Waals surface area contributed by atoms with Crippen LogP contribution < -0.4 is 9.61 Å². The summed E-state index contributed by atoms with van der Waals surface area (Å²) >= 11 is 5.75. The van der Waals surface area contributed by atoms with Gasteiger partial charge in [0.1, 0.15) is 11.8 Å². The largest absolute Gasteiger partial charge is 0.468 e. The molecular weight excluding hydrogens is 289 g/mol. The van der Waals surface area contributed by atoms with Crippen molar-refractivity contribution in [3.05, 3.63) is 29.8 Å². The summed E-state index contributed by atoms with van der Waals surface area (Å²) in [6.45, 7) is -0.120. The van der Waals surface area contributed by atoms with E-state index in [0.29, 0.717) is 5.75 Å². The molecule has 0 fully saturated rings. The maximum Gasteiger partial charge on any atom is 0.409 e. The topological polar surface area (TPSA) is 64.6 Å². The van der Waals surface area contributed by atoms with Crippen LogP contribution in [0.2, 0.25) is 0 Å². The second-order valence-electron chi connectivity index (χ2n) is 3.94. The number of ether oxygens (including phenoxy) is 1. The fraction of sp³-hybridized carbons (Fsp3) is 0.417. The third-order valence-electron chi connectivity index (χ3n) is 2.46. The number of nitrogens with one attached hydrogen (secondary N) is 1. The molecule has 2 atom stereocenters. The first-order valence-electron chi connectivity index (χ1n) is 5.82. The minimum absolute atomic E-state index is 0.375. The van der Waals surface area contributed by atoms with Gasteiger partial charge in [0.15, 0.2) is 0 Å². The SMILES string of the molecule is CCc1ccc(OP(=O)(Cl)N[C@@H](C)C(=O)OC)cc1. The first-order valence-corrected chi connectivity index (χ1v) is 8.34. The highest BCUT2D eigenvalue weighted by Gasteiger charge is 2.27. The Balaban J connectivity index is 2.67. The van der Waals surface area contributed by atoms with E-state index in [1.165, 1.54) is 14.0 Å². The molecule has 0 amide bonds. The molecule has 0 radical (unpaired) electrons. The van der Waals surface area contributed by atoms with Crippen LogP contribution in [0.1, 0.15) is 19.4 Å². The van der Waals surface area contributed by atoms with E-state index in [1.54, 1.807) is 12.1 Å². The number of carbonyl (C=O) groups is 1. The smallest absolute Gasteiger partial charge is 0.409 e. The van der Waals surface area contributed by atoms with E-state index >= 15 is 0 Å². The van der Waals surface area contributed by atoms with Crippen molar-refractivity contribution in [1.82, 2.24) is 5.09 Å². The molecule has 1 unspecified atom stereocenters. The normalized spacial score (nSPS) is 15.4. The molecule has 5 nitrogen and oxygen atoms in total. The maximum atomic E-state index is 12.0. The number of benzene rings is 1. The zero-order valence-corrected chi connectivity index (χ0v) is 12.7. The highest BCUT2D eigenvalue weighted by atomic mass is 35.7. The van der Waals surface area contributed by atoms with Gasteiger partial charge in [-0.1, -0.05) is 19.1 Å². The molecule has 106 valence electrons. The standard InChI is InChI=1S/C12H17ClNO4P/c1-4-10-5-7-11(8-6-10)18-19(13,16)14-9(2)12(15)17-3/h5-9H,4H2,1-3H3,(H,14,16)/t9-,19?/m0/s1. The fourth-order valence-corrected chi connectivity index (χ4v) is 3.10. The number of carbonyl (C=O) groups excluding carboxylic acids is 1. The number of aryl methyl sites for hydroxylation is 1. The molecule has 19 heavy (non-hydrogen) atoms. The van der Waals surface area contributed by atoms with Crippen LogP contribution in [-0.4, -0.2) is 19.1 Å². The van der Waals surface area contributed by atoms with Crippen LogP contribution in [0.15, 0.2) is 24.3 Å². The van der Waals surface area contributed by atoms with E-state index in [0.717, 1.165) is 12.0 Å². The second-order valence-corrected chi connectivity index (χ2v) is 6.68. The predicted octanol–water partition coefficient (Wildman–Crippen LogP) is 3.13. The van der Waals surface area contributed by atoms with Crippen LogP contribution in [-0.2, 0) is 20.5 Å². The Hall–Kier alpha value is -1.03. The Morgan fingerprint density at radius 2 is 2.00 bits per heavy atom. The molecule has 0 aliphatic rings. The van der Waals surface area contributed by atoms with Gasteiger partial charge in [-0.2, -0.15) is 0 Å². The summed E-state index contributed by atoms with van der Waals surface area (Å²) in [7, 11) is 1.24. The molecule has 1 N–H and O–H groups in total. The average molecular weight is 306 g/mol. The van der Waals surface area contributed by atoms with Gasteiger partial charge in [0.25, 0.3) is 0 Å². The van der Waals surface area contributed by atoms with Crippen LogP contribution in [0, 0.1) is 0 Å². The van der Waals surface area contributed by atoms with Crippen molar-refractivity contribution in [3.63, 3.8) is 0 Å². The molecule has 1 rings (SSSR count). The van der Waals surface area contributed by atoms with Crippen LogP contribution >= 0.6 is 18.1 Å². The summed E-state index contributed by atoms with van der Waals surface area (Å²) in [4.78, 5) is 11.2. The van der Waals surface area contributed by atoms with E-state index in [1.807, 2.05) is 19.1 Å². The van der Waals surface area contributed by atoms with Crippen LogP contribution in [0.3, 0.4) is 0 Å². The van der Waals surface area contributed by atoms with Crippen molar-refractivity contribution in [2.45, 2.75) is 26.3 Å². The summed E-state index contributed by atoms with van der Waals surface area (Å²) in [5.74, 6) is -0.189. The van der Waals surface area contributed by atoms with Gasteiger partial charge in [-0.15, -0.1) is 0 Å². The van der Waals surface area contributed by atoms with E-state index < -0.39 is 18.9 Å². The first-order chi connectivity index (χ1) is 8.88. The molecule has 0 aliphatic carbocycles. The van der Waals surface area contributed by atoms with E-state index in [2.05, 4.69) is 9.82 Å². The van der Waals surface area contributed by atoms with Crippen LogP contribution in [0.25, 0.3) is 0 Å². The van der Waals surface area contributed by atoms with Crippen LogP contribution in [0.5, 0.6) is 5.75 Å². The number of rotatable bonds is 6. The molecule has 0 saturated heterocycles. The predicted molar refractivity (Wildman–Crippen MR) is 74.5 cm³/mol. The third kappa shape index (κ3) is 5.23. The van der Waals surface area contributed by atoms with Gasteiger partial charge >= 0.3 is 12.8 Å². The van der Waals surface area contributed by atoms with Crippen LogP contribution in [0.4, 0.5) is 0 Å². The molecule has 0 spiro atoms. The van der Waals surface area contributed by atoms with E-state index in [4.69, 9.17) is 15.8 Å². The van der Waals surface area contributed by atoms with Crippen molar-refractivity contribution in [3.8, 4) is 5.75 Å².